The first kappa shape index (κ1) is 14.6. The monoisotopic (exact) mass is 285 g/mol. The van der Waals surface area contributed by atoms with Crippen molar-refractivity contribution < 1.29 is 8.42 Å². The Morgan fingerprint density at radius 1 is 1.47 bits per heavy atom. The first-order chi connectivity index (χ1) is 9.00. The zero-order chi connectivity index (χ0) is 14.0. The maximum absolute atomic E-state index is 12.7. The normalized spacial score (nSPS) is 25.0. The van der Waals surface area contributed by atoms with E-state index in [4.69, 9.17) is 0 Å². The molecule has 0 aromatic carbocycles. The Morgan fingerprint density at radius 2 is 2.21 bits per heavy atom. The van der Waals surface area contributed by atoms with Crippen LogP contribution in [0.25, 0.3) is 0 Å². The summed E-state index contributed by atoms with van der Waals surface area (Å²) in [5, 5.41) is 3.01. The van der Waals surface area contributed by atoms with Gasteiger partial charge >= 0.3 is 0 Å². The van der Waals surface area contributed by atoms with Crippen LogP contribution in [0.4, 0.5) is 0 Å². The third kappa shape index (κ3) is 2.70. The lowest BCUT2D eigenvalue weighted by Crippen LogP contribution is -2.39. The molecule has 0 radical (unpaired) electrons. The van der Waals surface area contributed by atoms with Crippen LogP contribution in [-0.4, -0.2) is 36.8 Å². The van der Waals surface area contributed by atoms with Gasteiger partial charge in [0.25, 0.3) is 0 Å². The summed E-state index contributed by atoms with van der Waals surface area (Å²) in [6.45, 7) is 4.69. The van der Waals surface area contributed by atoms with Crippen molar-refractivity contribution >= 4 is 10.0 Å². The molecule has 0 bridgehead atoms. The van der Waals surface area contributed by atoms with Crippen LogP contribution < -0.4 is 5.32 Å². The van der Waals surface area contributed by atoms with E-state index in [-0.39, 0.29) is 12.1 Å². The van der Waals surface area contributed by atoms with E-state index >= 15 is 0 Å². The zero-order valence-corrected chi connectivity index (χ0v) is 12.6. The number of aromatic amines is 1. The van der Waals surface area contributed by atoms with E-state index in [2.05, 4.69) is 17.2 Å². The Balaban J connectivity index is 2.30. The van der Waals surface area contributed by atoms with Gasteiger partial charge in [0.15, 0.2) is 0 Å². The van der Waals surface area contributed by atoms with Gasteiger partial charge in [-0.15, -0.1) is 0 Å². The molecule has 0 saturated carbocycles. The van der Waals surface area contributed by atoms with Gasteiger partial charge in [-0.2, -0.15) is 4.31 Å². The van der Waals surface area contributed by atoms with E-state index in [9.17, 15) is 8.42 Å². The number of rotatable bonds is 5. The summed E-state index contributed by atoms with van der Waals surface area (Å²) in [5.41, 5.74) is 0.890. The first-order valence-electron chi connectivity index (χ1n) is 6.86. The van der Waals surface area contributed by atoms with Gasteiger partial charge in [-0.25, -0.2) is 8.42 Å². The van der Waals surface area contributed by atoms with Crippen LogP contribution in [0.3, 0.4) is 0 Å². The van der Waals surface area contributed by atoms with Gasteiger partial charge in [-0.1, -0.05) is 6.92 Å². The third-order valence-corrected chi connectivity index (χ3v) is 5.89. The molecule has 1 aliphatic heterocycles. The smallest absolute Gasteiger partial charge is 0.245 e. The van der Waals surface area contributed by atoms with Gasteiger partial charge in [0.2, 0.25) is 10.0 Å². The van der Waals surface area contributed by atoms with E-state index in [1.807, 2.05) is 14.0 Å². The molecule has 19 heavy (non-hydrogen) atoms. The highest BCUT2D eigenvalue weighted by Gasteiger charge is 2.39. The van der Waals surface area contributed by atoms with Gasteiger partial charge in [0.1, 0.15) is 0 Å². The van der Waals surface area contributed by atoms with Gasteiger partial charge < -0.3 is 10.3 Å². The molecule has 2 atom stereocenters. The molecule has 5 nitrogen and oxygen atoms in total. The predicted octanol–water partition coefficient (Wildman–Crippen LogP) is 1.69. The minimum atomic E-state index is -3.37. The second-order valence-electron chi connectivity index (χ2n) is 5.21. The van der Waals surface area contributed by atoms with Crippen molar-refractivity contribution in [2.45, 2.75) is 56.6 Å². The quantitative estimate of drug-likeness (QED) is 0.865. The van der Waals surface area contributed by atoms with Crippen LogP contribution in [-0.2, 0) is 16.6 Å². The van der Waals surface area contributed by atoms with Gasteiger partial charge in [-0.05, 0) is 39.3 Å². The molecule has 6 heteroatoms. The van der Waals surface area contributed by atoms with Crippen LogP contribution in [0, 0.1) is 0 Å². The number of aromatic nitrogens is 1. The molecule has 0 aliphatic carbocycles. The van der Waals surface area contributed by atoms with Crippen LogP contribution in [0.1, 0.15) is 38.8 Å². The standard InChI is InChI=1S/C13H23N3O2S/c1-4-12-6-5-10(2)16(12)19(17,18)13-7-11(8-14-3)15-9-13/h7,9-10,12,14-15H,4-6,8H2,1-3H3. The second-order valence-corrected chi connectivity index (χ2v) is 7.06. The molecular formula is C13H23N3O2S. The topological polar surface area (TPSA) is 65.2 Å². The maximum Gasteiger partial charge on any atom is 0.245 e. The molecule has 1 aliphatic rings. The number of hydrogen-bond acceptors (Lipinski definition) is 3. The van der Waals surface area contributed by atoms with Crippen molar-refractivity contribution in [2.24, 2.45) is 0 Å². The van der Waals surface area contributed by atoms with E-state index in [1.54, 1.807) is 16.6 Å². The summed E-state index contributed by atoms with van der Waals surface area (Å²) < 4.78 is 27.1. The fourth-order valence-corrected chi connectivity index (χ4v) is 4.82. The average molecular weight is 285 g/mol. The van der Waals surface area contributed by atoms with Crippen LogP contribution in [0.2, 0.25) is 0 Å². The zero-order valence-electron chi connectivity index (χ0n) is 11.8. The number of nitrogens with zero attached hydrogens (tertiary/aromatic N) is 1. The van der Waals surface area contributed by atoms with E-state index in [0.29, 0.717) is 11.4 Å². The average Bonchev–Trinajstić information content (AvgIpc) is 2.96. The number of sulfonamides is 1. The molecule has 1 saturated heterocycles. The van der Waals surface area contributed by atoms with Crippen LogP contribution in [0.15, 0.2) is 17.2 Å². The SMILES string of the molecule is CCC1CCC(C)N1S(=O)(=O)c1c[nH]c(CNC)c1. The molecule has 2 heterocycles. The highest BCUT2D eigenvalue weighted by molar-refractivity contribution is 7.89. The first-order valence-corrected chi connectivity index (χ1v) is 8.30. The molecule has 2 rings (SSSR count). The van der Waals surface area contributed by atoms with Gasteiger partial charge in [0, 0.05) is 30.5 Å². The molecule has 2 unspecified atom stereocenters. The lowest BCUT2D eigenvalue weighted by Gasteiger charge is -2.26. The summed E-state index contributed by atoms with van der Waals surface area (Å²) in [6.07, 6.45) is 4.38. The number of H-pyrrole nitrogens is 1. The number of hydrogen-bond donors (Lipinski definition) is 2. The van der Waals surface area contributed by atoms with Crippen molar-refractivity contribution in [1.82, 2.24) is 14.6 Å². The predicted molar refractivity (Wildman–Crippen MR) is 75.4 cm³/mol. The lowest BCUT2D eigenvalue weighted by molar-refractivity contribution is 0.329. The minimum Gasteiger partial charge on any atom is -0.363 e. The fourth-order valence-electron chi connectivity index (χ4n) is 2.85. The van der Waals surface area contributed by atoms with E-state index in [0.717, 1.165) is 25.0 Å². The third-order valence-electron chi connectivity index (χ3n) is 3.84. The fraction of sp³-hybridized carbons (Fsp3) is 0.692. The Kier molecular flexibility index (Phi) is 4.32. The second kappa shape index (κ2) is 5.64. The Morgan fingerprint density at radius 3 is 2.84 bits per heavy atom. The molecular weight excluding hydrogens is 262 g/mol. The molecule has 1 fully saturated rings. The number of nitrogens with one attached hydrogen (secondary N) is 2. The highest BCUT2D eigenvalue weighted by atomic mass is 32.2. The van der Waals surface area contributed by atoms with Crippen molar-refractivity contribution in [3.8, 4) is 0 Å². The van der Waals surface area contributed by atoms with Crippen LogP contribution >= 0.6 is 0 Å². The summed E-state index contributed by atoms with van der Waals surface area (Å²) in [7, 11) is -1.53. The van der Waals surface area contributed by atoms with Crippen molar-refractivity contribution in [3.63, 3.8) is 0 Å². The van der Waals surface area contributed by atoms with Crippen molar-refractivity contribution in [3.05, 3.63) is 18.0 Å². The maximum atomic E-state index is 12.7. The van der Waals surface area contributed by atoms with Gasteiger partial charge in [0.05, 0.1) is 4.90 Å². The van der Waals surface area contributed by atoms with Crippen LogP contribution in [0.5, 0.6) is 0 Å². The van der Waals surface area contributed by atoms with E-state index < -0.39 is 10.0 Å². The van der Waals surface area contributed by atoms with E-state index in [1.165, 1.54) is 0 Å². The molecule has 2 N–H and O–H groups in total. The minimum absolute atomic E-state index is 0.0950. The van der Waals surface area contributed by atoms with Crippen molar-refractivity contribution in [1.29, 1.82) is 0 Å². The molecule has 0 spiro atoms. The van der Waals surface area contributed by atoms with Gasteiger partial charge in [-0.3, -0.25) is 0 Å². The summed E-state index contributed by atoms with van der Waals surface area (Å²) in [6, 6.07) is 1.96. The Hall–Kier alpha value is -0.850. The Bertz CT molecular complexity index is 524. The molecule has 108 valence electrons. The molecule has 1 aromatic heterocycles. The molecule has 0 amide bonds. The Labute approximate surface area is 115 Å². The summed E-state index contributed by atoms with van der Waals surface area (Å²) in [5.74, 6) is 0. The van der Waals surface area contributed by atoms with Crippen molar-refractivity contribution in [2.75, 3.05) is 7.05 Å². The summed E-state index contributed by atoms with van der Waals surface area (Å²) in [4.78, 5) is 3.40. The highest BCUT2D eigenvalue weighted by Crippen LogP contribution is 2.32. The largest absolute Gasteiger partial charge is 0.363 e. The molecule has 1 aromatic rings. The lowest BCUT2D eigenvalue weighted by atomic mass is 10.2. The summed E-state index contributed by atoms with van der Waals surface area (Å²) >= 11 is 0.